The van der Waals surface area contributed by atoms with E-state index in [1.807, 2.05) is 0 Å². The van der Waals surface area contributed by atoms with Crippen molar-refractivity contribution in [2.24, 2.45) is 4.99 Å². The van der Waals surface area contributed by atoms with Crippen LogP contribution in [0.4, 0.5) is 0 Å². The topological polar surface area (TPSA) is 21.6 Å². The molecule has 0 aliphatic rings. The van der Waals surface area contributed by atoms with Crippen LogP contribution in [0, 0.1) is 0 Å². The van der Waals surface area contributed by atoms with Gasteiger partial charge in [0.25, 0.3) is 0 Å². The molecule has 0 radical (unpaired) electrons. The highest BCUT2D eigenvalue weighted by molar-refractivity contribution is 5.33. The highest BCUT2D eigenvalue weighted by Crippen LogP contribution is 2.02. The summed E-state index contributed by atoms with van der Waals surface area (Å²) in [6.07, 6.45) is 3.23. The molecule has 0 aromatic heterocycles. The zero-order valence-electron chi connectivity index (χ0n) is 6.13. The maximum absolute atomic E-state index is 4.87. The van der Waals surface area contributed by atoms with E-state index in [4.69, 9.17) is 4.74 Å². The van der Waals surface area contributed by atoms with Crippen LogP contribution in [0.3, 0.4) is 0 Å². The minimum atomic E-state index is 0.566. The van der Waals surface area contributed by atoms with E-state index in [2.05, 4.69) is 24.9 Å². The van der Waals surface area contributed by atoms with Crippen molar-refractivity contribution in [3.63, 3.8) is 0 Å². The Morgan fingerprint density at radius 1 is 1.60 bits per heavy atom. The number of aliphatic imine (C=N–C) groups is 1. The number of nitrogens with zero attached hydrogens (tertiary/aromatic N) is 1. The van der Waals surface area contributed by atoms with E-state index in [-0.39, 0.29) is 0 Å². The van der Waals surface area contributed by atoms with Crippen LogP contribution in [0.25, 0.3) is 0 Å². The fourth-order valence-corrected chi connectivity index (χ4v) is 0.411. The van der Waals surface area contributed by atoms with Gasteiger partial charge in [-0.1, -0.05) is 13.2 Å². The maximum atomic E-state index is 4.87. The van der Waals surface area contributed by atoms with Crippen LogP contribution < -0.4 is 0 Å². The highest BCUT2D eigenvalue weighted by Gasteiger charge is 1.87. The van der Waals surface area contributed by atoms with Crippen molar-refractivity contribution in [2.45, 2.75) is 0 Å². The summed E-state index contributed by atoms with van der Waals surface area (Å²) in [5, 5.41) is 0. The van der Waals surface area contributed by atoms with Gasteiger partial charge in [-0.2, -0.15) is 0 Å². The van der Waals surface area contributed by atoms with Gasteiger partial charge in [0.15, 0.2) is 0 Å². The Morgan fingerprint density at radius 3 is 2.50 bits per heavy atom. The summed E-state index contributed by atoms with van der Waals surface area (Å²) < 4.78 is 4.87. The molecule has 0 N–H and O–H groups in total. The molecule has 54 valence electrons. The molecule has 0 bridgehead atoms. The summed E-state index contributed by atoms with van der Waals surface area (Å²) in [4.78, 5) is 3.58. The molecular weight excluding hydrogens is 126 g/mol. The van der Waals surface area contributed by atoms with Crippen LogP contribution in [0.5, 0.6) is 0 Å². The van der Waals surface area contributed by atoms with Gasteiger partial charge in [-0.3, -0.25) is 4.99 Å². The lowest BCUT2D eigenvalue weighted by molar-refractivity contribution is 0.307. The first-order valence-corrected chi connectivity index (χ1v) is 2.78. The molecule has 2 nitrogen and oxygen atoms in total. The third-order valence-corrected chi connectivity index (χ3v) is 0.949. The number of rotatable bonds is 4. The monoisotopic (exact) mass is 137 g/mol. The first-order valence-electron chi connectivity index (χ1n) is 2.78. The highest BCUT2D eigenvalue weighted by atomic mass is 16.5. The molecule has 0 rings (SSSR count). The molecule has 0 saturated carbocycles. The first-order chi connectivity index (χ1) is 4.74. The van der Waals surface area contributed by atoms with Gasteiger partial charge >= 0.3 is 0 Å². The van der Waals surface area contributed by atoms with E-state index in [9.17, 15) is 0 Å². The summed E-state index contributed by atoms with van der Waals surface area (Å²) >= 11 is 0. The van der Waals surface area contributed by atoms with Crippen LogP contribution in [-0.4, -0.2) is 13.8 Å². The van der Waals surface area contributed by atoms with E-state index in [1.165, 1.54) is 0 Å². The molecule has 0 heterocycles. The second-order valence-electron chi connectivity index (χ2n) is 1.60. The van der Waals surface area contributed by atoms with Crippen molar-refractivity contribution < 1.29 is 4.74 Å². The van der Waals surface area contributed by atoms with Gasteiger partial charge in [0.1, 0.15) is 5.76 Å². The molecule has 0 spiro atoms. The molecule has 0 fully saturated rings. The molecule has 0 aliphatic carbocycles. The minimum Gasteiger partial charge on any atom is -0.497 e. The van der Waals surface area contributed by atoms with Crippen LogP contribution in [0.1, 0.15) is 0 Å². The average Bonchev–Trinajstić information content (AvgIpc) is 1.99. The van der Waals surface area contributed by atoms with E-state index in [0.29, 0.717) is 11.5 Å². The van der Waals surface area contributed by atoms with Gasteiger partial charge in [-0.25, -0.2) is 0 Å². The molecule has 0 aromatic rings. The van der Waals surface area contributed by atoms with Crippen LogP contribution in [-0.2, 0) is 4.74 Å². The van der Waals surface area contributed by atoms with Crippen LogP contribution >= 0.6 is 0 Å². The lowest BCUT2D eigenvalue weighted by atomic mass is 10.4. The maximum Gasteiger partial charge on any atom is 0.120 e. The standard InChI is InChI=1S/C8H11NO/c1-5-8(10-4)6-7(2)9-3/h5-6H,1-3H2,4H3. The number of hydrogen-bond donors (Lipinski definition) is 0. The molecule has 0 saturated heterocycles. The Bertz CT molecular complexity index is 180. The SMILES string of the molecule is C=CC(=CC(=C)N=C)OC. The molecule has 0 atom stereocenters. The molecule has 0 aliphatic heterocycles. The second-order valence-corrected chi connectivity index (χ2v) is 1.60. The van der Waals surface area contributed by atoms with Crippen molar-refractivity contribution >= 4 is 6.72 Å². The Morgan fingerprint density at radius 2 is 2.20 bits per heavy atom. The number of allylic oxidation sites excluding steroid dienone is 2. The minimum absolute atomic E-state index is 0.566. The second kappa shape index (κ2) is 4.56. The summed E-state index contributed by atoms with van der Waals surface area (Å²) in [5.74, 6) is 0.636. The van der Waals surface area contributed by atoms with E-state index < -0.39 is 0 Å². The predicted octanol–water partition coefficient (Wildman–Crippen LogP) is 1.92. The van der Waals surface area contributed by atoms with Crippen molar-refractivity contribution in [1.29, 1.82) is 0 Å². The summed E-state index contributed by atoms with van der Waals surface area (Å²) in [7, 11) is 1.56. The van der Waals surface area contributed by atoms with Crippen molar-refractivity contribution in [3.05, 3.63) is 36.8 Å². The number of methoxy groups -OCH3 is 1. The van der Waals surface area contributed by atoms with Crippen molar-refractivity contribution in [1.82, 2.24) is 0 Å². The average molecular weight is 137 g/mol. The largest absolute Gasteiger partial charge is 0.497 e. The fourth-order valence-electron chi connectivity index (χ4n) is 0.411. The zero-order chi connectivity index (χ0) is 7.98. The van der Waals surface area contributed by atoms with Crippen LogP contribution in [0.15, 0.2) is 41.8 Å². The molecule has 0 amide bonds. The summed E-state index contributed by atoms with van der Waals surface area (Å²) in [6.45, 7) is 10.4. The smallest absolute Gasteiger partial charge is 0.120 e. The van der Waals surface area contributed by atoms with Gasteiger partial charge < -0.3 is 4.74 Å². The van der Waals surface area contributed by atoms with Gasteiger partial charge in [0.05, 0.1) is 12.8 Å². The van der Waals surface area contributed by atoms with Gasteiger partial charge in [0, 0.05) is 6.08 Å². The van der Waals surface area contributed by atoms with Crippen molar-refractivity contribution in [2.75, 3.05) is 7.11 Å². The van der Waals surface area contributed by atoms with Gasteiger partial charge in [-0.15, -0.1) is 0 Å². The Hall–Kier alpha value is -1.31. The van der Waals surface area contributed by atoms with E-state index in [1.54, 1.807) is 19.3 Å². The molecule has 2 heteroatoms. The third-order valence-electron chi connectivity index (χ3n) is 0.949. The Labute approximate surface area is 61.2 Å². The van der Waals surface area contributed by atoms with Gasteiger partial charge in [0.2, 0.25) is 0 Å². The summed E-state index contributed by atoms with van der Waals surface area (Å²) in [5.41, 5.74) is 0.566. The molecule has 10 heavy (non-hydrogen) atoms. The Kier molecular flexibility index (Phi) is 3.96. The normalized spacial score (nSPS) is 10.3. The summed E-state index contributed by atoms with van der Waals surface area (Å²) in [6, 6.07) is 0. The Balaban J connectivity index is 4.23. The predicted molar refractivity (Wildman–Crippen MR) is 44.0 cm³/mol. The molecular formula is C8H11NO. The quantitative estimate of drug-likeness (QED) is 0.329. The fraction of sp³-hybridized carbons (Fsp3) is 0.125. The van der Waals surface area contributed by atoms with Crippen LogP contribution in [0.2, 0.25) is 0 Å². The van der Waals surface area contributed by atoms with Gasteiger partial charge in [-0.05, 0) is 12.8 Å². The van der Waals surface area contributed by atoms with E-state index >= 15 is 0 Å². The third kappa shape index (κ3) is 2.87. The lowest BCUT2D eigenvalue weighted by Crippen LogP contribution is -1.80. The number of ether oxygens (including phenoxy) is 1. The first kappa shape index (κ1) is 8.69. The van der Waals surface area contributed by atoms with E-state index in [0.717, 1.165) is 0 Å². The van der Waals surface area contributed by atoms with Crippen molar-refractivity contribution in [3.8, 4) is 0 Å². The zero-order valence-corrected chi connectivity index (χ0v) is 6.13. The molecule has 0 unspecified atom stereocenters. The number of hydrogen-bond acceptors (Lipinski definition) is 2. The molecule has 0 aromatic carbocycles. The lowest BCUT2D eigenvalue weighted by Gasteiger charge is -1.97.